The fraction of sp³-hybridized carbons (Fsp3) is 0.290. The molecule has 3 heterocycles. The Hall–Kier alpha value is -4.52. The molecule has 0 radical (unpaired) electrons. The highest BCUT2D eigenvalue weighted by atomic mass is 16.5. The van der Waals surface area contributed by atoms with E-state index in [-0.39, 0.29) is 16.7 Å². The summed E-state index contributed by atoms with van der Waals surface area (Å²) in [5.74, 6) is 0. The van der Waals surface area contributed by atoms with Crippen molar-refractivity contribution in [3.8, 4) is 17.3 Å². The van der Waals surface area contributed by atoms with Crippen LogP contribution in [0, 0.1) is 11.3 Å². The molecule has 0 unspecified atom stereocenters. The number of nitrogens with one attached hydrogen (secondary N) is 3. The summed E-state index contributed by atoms with van der Waals surface area (Å²) in [6, 6.07) is 20.6. The number of ether oxygens (including phenoxy) is 1. The molecule has 1 aliphatic rings. The highest BCUT2D eigenvalue weighted by Gasteiger charge is 2.20. The average Bonchev–Trinajstić information content (AvgIpc) is 2.93. The zero-order valence-corrected chi connectivity index (χ0v) is 22.9. The molecule has 2 aromatic heterocycles. The molecule has 1 saturated heterocycles. The van der Waals surface area contributed by atoms with E-state index in [1.807, 2.05) is 81.4 Å². The van der Waals surface area contributed by atoms with E-state index in [1.54, 1.807) is 6.07 Å². The number of aromatic nitrogens is 2. The number of amides is 2. The van der Waals surface area contributed by atoms with Crippen molar-refractivity contribution in [2.45, 2.75) is 32.7 Å². The topological polar surface area (TPSA) is 123 Å². The molecule has 4 aromatic rings. The Morgan fingerprint density at radius 2 is 1.75 bits per heavy atom. The highest BCUT2D eigenvalue weighted by Crippen LogP contribution is 2.33. The molecule has 40 heavy (non-hydrogen) atoms. The second kappa shape index (κ2) is 11.3. The number of rotatable bonds is 5. The number of morpholine rings is 1. The number of nitrogens with zero attached hydrogens (tertiary/aromatic N) is 3. The van der Waals surface area contributed by atoms with Crippen molar-refractivity contribution in [3.63, 3.8) is 0 Å². The van der Waals surface area contributed by atoms with Crippen molar-refractivity contribution >= 4 is 28.2 Å². The van der Waals surface area contributed by atoms with Crippen LogP contribution in [0.4, 0.5) is 16.2 Å². The van der Waals surface area contributed by atoms with Crippen LogP contribution in [0.25, 0.3) is 22.0 Å². The van der Waals surface area contributed by atoms with Gasteiger partial charge in [0.1, 0.15) is 11.6 Å². The van der Waals surface area contributed by atoms with Gasteiger partial charge in [0.2, 0.25) is 0 Å². The van der Waals surface area contributed by atoms with Gasteiger partial charge in [-0.15, -0.1) is 0 Å². The average molecular weight is 537 g/mol. The number of anilines is 2. The number of benzene rings is 2. The predicted octanol–water partition coefficient (Wildman–Crippen LogP) is 5.24. The van der Waals surface area contributed by atoms with Gasteiger partial charge in [0.05, 0.1) is 36.0 Å². The van der Waals surface area contributed by atoms with Crippen molar-refractivity contribution in [2.75, 3.05) is 36.9 Å². The molecule has 0 atom stereocenters. The Labute approximate surface area is 232 Å². The Bertz CT molecular complexity index is 1660. The van der Waals surface area contributed by atoms with Gasteiger partial charge in [0.25, 0.3) is 5.56 Å². The van der Waals surface area contributed by atoms with Gasteiger partial charge in [-0.3, -0.25) is 14.7 Å². The number of urea groups is 1. The third-order valence-electron chi connectivity index (χ3n) is 6.95. The van der Waals surface area contributed by atoms with Gasteiger partial charge in [0.15, 0.2) is 0 Å². The summed E-state index contributed by atoms with van der Waals surface area (Å²) in [6.07, 6.45) is 0. The smallest absolute Gasteiger partial charge is 0.323 e. The maximum absolute atomic E-state index is 13.1. The van der Waals surface area contributed by atoms with E-state index >= 15 is 0 Å². The Kier molecular flexibility index (Phi) is 7.65. The Balaban J connectivity index is 1.42. The number of nitriles is 1. The summed E-state index contributed by atoms with van der Waals surface area (Å²) in [7, 11) is 0. The molecular weight excluding hydrogens is 504 g/mol. The normalized spacial score (nSPS) is 14.1. The monoisotopic (exact) mass is 536 g/mol. The minimum absolute atomic E-state index is 0.147. The summed E-state index contributed by atoms with van der Waals surface area (Å²) >= 11 is 0. The number of H-pyrrole nitrogens is 1. The number of hydrogen-bond donors (Lipinski definition) is 3. The van der Waals surface area contributed by atoms with Crippen LogP contribution in [0.3, 0.4) is 0 Å². The summed E-state index contributed by atoms with van der Waals surface area (Å²) in [5, 5.41) is 16.9. The predicted molar refractivity (Wildman–Crippen MR) is 156 cm³/mol. The molecule has 2 aromatic carbocycles. The van der Waals surface area contributed by atoms with E-state index in [9.17, 15) is 14.9 Å². The van der Waals surface area contributed by atoms with Crippen LogP contribution in [-0.2, 0) is 16.7 Å². The van der Waals surface area contributed by atoms with Gasteiger partial charge in [-0.25, -0.2) is 4.79 Å². The molecule has 0 saturated carbocycles. The quantitative estimate of drug-likeness (QED) is 0.321. The van der Waals surface area contributed by atoms with Crippen LogP contribution in [0.2, 0.25) is 0 Å². The molecule has 3 N–H and O–H groups in total. The van der Waals surface area contributed by atoms with E-state index in [4.69, 9.17) is 9.72 Å². The number of aromatic amines is 1. The van der Waals surface area contributed by atoms with Crippen LogP contribution in [0.15, 0.2) is 65.5 Å². The Morgan fingerprint density at radius 1 is 1.02 bits per heavy atom. The van der Waals surface area contributed by atoms with E-state index in [2.05, 4.69) is 20.5 Å². The van der Waals surface area contributed by atoms with Gasteiger partial charge in [-0.2, -0.15) is 5.26 Å². The molecule has 5 rings (SSSR count). The molecule has 0 aliphatic carbocycles. The maximum Gasteiger partial charge on any atom is 0.323 e. The fourth-order valence-corrected chi connectivity index (χ4v) is 4.79. The molecule has 9 heteroatoms. The van der Waals surface area contributed by atoms with Crippen molar-refractivity contribution in [2.24, 2.45) is 0 Å². The lowest BCUT2D eigenvalue weighted by atomic mass is 9.91. The van der Waals surface area contributed by atoms with Crippen LogP contribution in [0.5, 0.6) is 0 Å². The largest absolute Gasteiger partial charge is 0.379 e. The first-order chi connectivity index (χ1) is 19.2. The third-order valence-corrected chi connectivity index (χ3v) is 6.95. The second-order valence-corrected chi connectivity index (χ2v) is 10.9. The van der Waals surface area contributed by atoms with Gasteiger partial charge in [-0.1, -0.05) is 57.2 Å². The van der Waals surface area contributed by atoms with Crippen molar-refractivity contribution in [1.82, 2.24) is 14.9 Å². The SMILES string of the molecule is CC(C)(C)c1cc(NC(=O)Nc2ccc(-c3cccc(CN4CCOCC4)n3)c3ccccc23)c(C#N)c(=O)[nH]1. The van der Waals surface area contributed by atoms with Crippen LogP contribution in [0.1, 0.15) is 37.7 Å². The van der Waals surface area contributed by atoms with Crippen molar-refractivity contribution < 1.29 is 9.53 Å². The summed E-state index contributed by atoms with van der Waals surface area (Å²) in [4.78, 5) is 35.6. The fourth-order valence-electron chi connectivity index (χ4n) is 4.79. The van der Waals surface area contributed by atoms with Crippen molar-refractivity contribution in [3.05, 3.63) is 88.0 Å². The van der Waals surface area contributed by atoms with E-state index in [0.717, 1.165) is 60.6 Å². The van der Waals surface area contributed by atoms with E-state index in [1.165, 1.54) is 0 Å². The summed E-state index contributed by atoms with van der Waals surface area (Å²) in [5.41, 5.74) is 3.12. The zero-order valence-electron chi connectivity index (χ0n) is 22.9. The lowest BCUT2D eigenvalue weighted by Gasteiger charge is -2.26. The maximum atomic E-state index is 13.1. The van der Waals surface area contributed by atoms with E-state index < -0.39 is 11.6 Å². The summed E-state index contributed by atoms with van der Waals surface area (Å²) < 4.78 is 5.46. The highest BCUT2D eigenvalue weighted by molar-refractivity contribution is 6.09. The van der Waals surface area contributed by atoms with Gasteiger partial charge in [0, 0.05) is 41.7 Å². The van der Waals surface area contributed by atoms with Gasteiger partial charge in [-0.05, 0) is 29.7 Å². The minimum atomic E-state index is -0.550. The first-order valence-corrected chi connectivity index (χ1v) is 13.3. The standard InChI is InChI=1S/C31H32N6O3/c1-31(2,3)28-17-27(24(18-32)29(38)36-28)35-30(39)34-26-12-11-23(21-8-4-5-9-22(21)26)25-10-6-7-20(33-25)19-37-13-15-40-16-14-37/h4-12,17H,13-16,19H2,1-3H3,(H3,34,35,36,38,39). The first-order valence-electron chi connectivity index (χ1n) is 13.3. The summed E-state index contributed by atoms with van der Waals surface area (Å²) in [6.45, 7) is 9.84. The van der Waals surface area contributed by atoms with Crippen molar-refractivity contribution in [1.29, 1.82) is 5.26 Å². The van der Waals surface area contributed by atoms with Crippen LogP contribution >= 0.6 is 0 Å². The minimum Gasteiger partial charge on any atom is -0.379 e. The molecule has 204 valence electrons. The third kappa shape index (κ3) is 5.88. The second-order valence-electron chi connectivity index (χ2n) is 10.9. The van der Waals surface area contributed by atoms with Crippen LogP contribution in [-0.4, -0.2) is 47.2 Å². The molecule has 1 aliphatic heterocycles. The van der Waals surface area contributed by atoms with E-state index in [0.29, 0.717) is 11.4 Å². The number of hydrogen-bond acceptors (Lipinski definition) is 6. The number of fused-ring (bicyclic) bond motifs is 1. The number of pyridine rings is 2. The first kappa shape index (κ1) is 27.1. The zero-order chi connectivity index (χ0) is 28.3. The van der Waals surface area contributed by atoms with Gasteiger partial charge < -0.3 is 20.4 Å². The Morgan fingerprint density at radius 3 is 2.48 bits per heavy atom. The molecule has 0 bridgehead atoms. The molecule has 9 nitrogen and oxygen atoms in total. The molecule has 0 spiro atoms. The molecule has 2 amide bonds. The van der Waals surface area contributed by atoms with Gasteiger partial charge >= 0.3 is 6.03 Å². The van der Waals surface area contributed by atoms with Crippen LogP contribution < -0.4 is 16.2 Å². The lowest BCUT2D eigenvalue weighted by molar-refractivity contribution is 0.0336. The number of carbonyl (C=O) groups excluding carboxylic acids is 1. The molecule has 1 fully saturated rings. The molecular formula is C31H32N6O3. The lowest BCUT2D eigenvalue weighted by Crippen LogP contribution is -2.35. The number of carbonyl (C=O) groups is 1.